The van der Waals surface area contributed by atoms with Gasteiger partial charge >= 0.3 is 5.97 Å². The minimum Gasteiger partial charge on any atom is -0.404 e. The van der Waals surface area contributed by atoms with E-state index in [2.05, 4.69) is 5.10 Å². The summed E-state index contributed by atoms with van der Waals surface area (Å²) in [6, 6.07) is 20.7. The summed E-state index contributed by atoms with van der Waals surface area (Å²) < 4.78 is 20.6. The first-order valence-electron chi connectivity index (χ1n) is 8.14. The van der Waals surface area contributed by atoms with Crippen LogP contribution in [0.25, 0.3) is 16.5 Å². The average Bonchev–Trinajstić information content (AvgIpc) is 3.01. The number of aromatic nitrogens is 2. The highest BCUT2D eigenvalue weighted by Gasteiger charge is 2.17. The van der Waals surface area contributed by atoms with Gasteiger partial charge in [-0.3, -0.25) is 0 Å². The highest BCUT2D eigenvalue weighted by molar-refractivity contribution is 6.05. The summed E-state index contributed by atoms with van der Waals surface area (Å²) in [7, 11) is 0. The molecule has 0 aliphatic heterocycles. The van der Waals surface area contributed by atoms with Crippen molar-refractivity contribution >= 4 is 16.7 Å². The molecule has 1 aromatic heterocycles. The molecule has 0 atom stereocenters. The molecule has 5 heteroatoms. The Bertz CT molecular complexity index is 1110. The van der Waals surface area contributed by atoms with Gasteiger partial charge in [-0.05, 0) is 42.0 Å². The number of benzene rings is 3. The standard InChI is InChI=1S/C21H15FN2O2/c1-14-12-20(24(23-14)17-9-5-8-16(22)13-17)26-21(25)19-11-4-7-15-6-2-3-10-18(15)19/h2-13H,1H3. The van der Waals surface area contributed by atoms with Gasteiger partial charge in [-0.15, -0.1) is 0 Å². The van der Waals surface area contributed by atoms with Gasteiger partial charge in [0.15, 0.2) is 0 Å². The van der Waals surface area contributed by atoms with Crippen LogP contribution in [0.2, 0.25) is 0 Å². The van der Waals surface area contributed by atoms with Crippen LogP contribution in [-0.2, 0) is 0 Å². The zero-order valence-electron chi connectivity index (χ0n) is 14.0. The van der Waals surface area contributed by atoms with Gasteiger partial charge in [-0.25, -0.2) is 13.9 Å². The van der Waals surface area contributed by atoms with Crippen molar-refractivity contribution in [2.24, 2.45) is 0 Å². The van der Waals surface area contributed by atoms with E-state index >= 15 is 0 Å². The van der Waals surface area contributed by atoms with Gasteiger partial charge in [0.05, 0.1) is 16.9 Å². The molecule has 0 unspecified atom stereocenters. The van der Waals surface area contributed by atoms with Crippen LogP contribution in [0.3, 0.4) is 0 Å². The highest BCUT2D eigenvalue weighted by Crippen LogP contribution is 2.23. The quantitative estimate of drug-likeness (QED) is 0.505. The Morgan fingerprint density at radius 1 is 1.00 bits per heavy atom. The fraction of sp³-hybridized carbons (Fsp3) is 0.0476. The Labute approximate surface area is 149 Å². The lowest BCUT2D eigenvalue weighted by molar-refractivity contribution is 0.0725. The number of carbonyl (C=O) groups is 1. The molecule has 128 valence electrons. The molecule has 4 aromatic rings. The number of hydrogen-bond donors (Lipinski definition) is 0. The second kappa shape index (κ2) is 6.44. The number of aryl methyl sites for hydroxylation is 1. The maximum absolute atomic E-state index is 13.5. The molecule has 26 heavy (non-hydrogen) atoms. The monoisotopic (exact) mass is 346 g/mol. The molecular weight excluding hydrogens is 331 g/mol. The van der Waals surface area contributed by atoms with Crippen LogP contribution in [-0.4, -0.2) is 15.7 Å². The lowest BCUT2D eigenvalue weighted by Crippen LogP contribution is -2.12. The SMILES string of the molecule is Cc1cc(OC(=O)c2cccc3ccccc23)n(-c2cccc(F)c2)n1. The van der Waals surface area contributed by atoms with Gasteiger partial charge in [0, 0.05) is 6.07 Å². The van der Waals surface area contributed by atoms with Gasteiger partial charge in [0.2, 0.25) is 5.88 Å². The van der Waals surface area contributed by atoms with Crippen molar-refractivity contribution in [1.82, 2.24) is 9.78 Å². The van der Waals surface area contributed by atoms with Gasteiger partial charge in [-0.2, -0.15) is 5.10 Å². The van der Waals surface area contributed by atoms with Crippen LogP contribution in [0.4, 0.5) is 4.39 Å². The van der Waals surface area contributed by atoms with Crippen LogP contribution < -0.4 is 4.74 Å². The van der Waals surface area contributed by atoms with Crippen molar-refractivity contribution in [3.63, 3.8) is 0 Å². The Hall–Kier alpha value is -3.47. The van der Waals surface area contributed by atoms with Crippen molar-refractivity contribution in [3.8, 4) is 11.6 Å². The minimum atomic E-state index is -0.487. The van der Waals surface area contributed by atoms with Crippen molar-refractivity contribution in [2.75, 3.05) is 0 Å². The van der Waals surface area contributed by atoms with E-state index in [9.17, 15) is 9.18 Å². The molecule has 3 aromatic carbocycles. The number of rotatable bonds is 3. The molecule has 0 spiro atoms. The first-order valence-corrected chi connectivity index (χ1v) is 8.14. The summed E-state index contributed by atoms with van der Waals surface area (Å²) in [5.74, 6) is -0.632. The van der Waals surface area contributed by atoms with E-state index in [-0.39, 0.29) is 11.7 Å². The fourth-order valence-corrected chi connectivity index (χ4v) is 2.89. The molecule has 0 fully saturated rings. The van der Waals surface area contributed by atoms with Crippen LogP contribution >= 0.6 is 0 Å². The van der Waals surface area contributed by atoms with Crippen LogP contribution in [0.1, 0.15) is 16.1 Å². The zero-order valence-corrected chi connectivity index (χ0v) is 14.0. The second-order valence-corrected chi connectivity index (χ2v) is 5.93. The third kappa shape index (κ3) is 2.95. The molecule has 0 bridgehead atoms. The summed E-state index contributed by atoms with van der Waals surface area (Å²) in [6.45, 7) is 1.78. The van der Waals surface area contributed by atoms with Gasteiger partial charge < -0.3 is 4.74 Å². The molecule has 0 radical (unpaired) electrons. The maximum atomic E-state index is 13.5. The van der Waals surface area contributed by atoms with E-state index in [4.69, 9.17) is 4.74 Å². The van der Waals surface area contributed by atoms with Crippen LogP contribution in [0.5, 0.6) is 5.88 Å². The van der Waals surface area contributed by atoms with Crippen molar-refractivity contribution in [1.29, 1.82) is 0 Å². The summed E-state index contributed by atoms with van der Waals surface area (Å²) in [4.78, 5) is 12.8. The smallest absolute Gasteiger partial charge is 0.345 e. The average molecular weight is 346 g/mol. The Balaban J connectivity index is 1.73. The van der Waals surface area contributed by atoms with E-state index in [1.54, 1.807) is 31.2 Å². The third-order valence-corrected chi connectivity index (χ3v) is 4.06. The summed E-state index contributed by atoms with van der Waals surface area (Å²) >= 11 is 0. The highest BCUT2D eigenvalue weighted by atomic mass is 19.1. The van der Waals surface area contributed by atoms with Gasteiger partial charge in [0.25, 0.3) is 0 Å². The maximum Gasteiger partial charge on any atom is 0.345 e. The normalized spacial score (nSPS) is 10.8. The second-order valence-electron chi connectivity index (χ2n) is 5.93. The molecule has 4 rings (SSSR count). The Morgan fingerprint density at radius 2 is 1.77 bits per heavy atom. The first kappa shape index (κ1) is 16.0. The summed E-state index contributed by atoms with van der Waals surface area (Å²) in [5, 5.41) is 6.07. The molecule has 0 aliphatic rings. The van der Waals surface area contributed by atoms with E-state index < -0.39 is 5.97 Å². The predicted molar refractivity (Wildman–Crippen MR) is 97.2 cm³/mol. The molecule has 4 nitrogen and oxygen atoms in total. The predicted octanol–water partition coefficient (Wildman–Crippen LogP) is 4.69. The van der Waals surface area contributed by atoms with Crippen LogP contribution in [0, 0.1) is 12.7 Å². The van der Waals surface area contributed by atoms with E-state index in [1.807, 2.05) is 36.4 Å². The van der Waals surface area contributed by atoms with E-state index in [0.29, 0.717) is 16.9 Å². The molecule has 0 N–H and O–H groups in total. The largest absolute Gasteiger partial charge is 0.404 e. The Kier molecular flexibility index (Phi) is 3.97. The van der Waals surface area contributed by atoms with E-state index in [0.717, 1.165) is 10.8 Å². The van der Waals surface area contributed by atoms with Crippen molar-refractivity contribution in [2.45, 2.75) is 6.92 Å². The van der Waals surface area contributed by atoms with Gasteiger partial charge in [-0.1, -0.05) is 42.5 Å². The van der Waals surface area contributed by atoms with Crippen molar-refractivity contribution in [3.05, 3.63) is 89.9 Å². The number of halogens is 1. The first-order chi connectivity index (χ1) is 12.6. The van der Waals surface area contributed by atoms with Crippen molar-refractivity contribution < 1.29 is 13.9 Å². The number of esters is 1. The lowest BCUT2D eigenvalue weighted by atomic mass is 10.1. The molecule has 0 amide bonds. The molecule has 1 heterocycles. The molecular formula is C21H15FN2O2. The van der Waals surface area contributed by atoms with E-state index in [1.165, 1.54) is 16.8 Å². The Morgan fingerprint density at radius 3 is 2.62 bits per heavy atom. The topological polar surface area (TPSA) is 44.1 Å². The summed E-state index contributed by atoms with van der Waals surface area (Å²) in [6.07, 6.45) is 0. The molecule has 0 saturated carbocycles. The zero-order chi connectivity index (χ0) is 18.1. The summed E-state index contributed by atoms with van der Waals surface area (Å²) in [5.41, 5.74) is 1.61. The number of carbonyl (C=O) groups excluding carboxylic acids is 1. The number of nitrogens with zero attached hydrogens (tertiary/aromatic N) is 2. The number of hydrogen-bond acceptors (Lipinski definition) is 3. The number of fused-ring (bicyclic) bond motifs is 1. The fourth-order valence-electron chi connectivity index (χ4n) is 2.89. The molecule has 0 saturated heterocycles. The third-order valence-electron chi connectivity index (χ3n) is 4.06. The van der Waals surface area contributed by atoms with Gasteiger partial charge in [0.1, 0.15) is 5.82 Å². The molecule has 0 aliphatic carbocycles. The minimum absolute atomic E-state index is 0.242. The lowest BCUT2D eigenvalue weighted by Gasteiger charge is -2.09. The van der Waals surface area contributed by atoms with Crippen LogP contribution in [0.15, 0.2) is 72.8 Å². The number of ether oxygens (including phenoxy) is 1.